The summed E-state index contributed by atoms with van der Waals surface area (Å²) in [6.07, 6.45) is 3.62. The average Bonchev–Trinajstić information content (AvgIpc) is 2.46. The molecular formula is C17H19NO. The fourth-order valence-electron chi connectivity index (χ4n) is 2.08. The summed E-state index contributed by atoms with van der Waals surface area (Å²) in [4.78, 5) is 0. The summed E-state index contributed by atoms with van der Waals surface area (Å²) in [5.74, 6) is 0.912. The van der Waals surface area contributed by atoms with E-state index in [0.29, 0.717) is 6.61 Å². The Morgan fingerprint density at radius 2 is 1.89 bits per heavy atom. The predicted molar refractivity (Wildman–Crippen MR) is 81.5 cm³/mol. The molecule has 0 aromatic heterocycles. The van der Waals surface area contributed by atoms with E-state index >= 15 is 0 Å². The highest BCUT2D eigenvalue weighted by atomic mass is 16.5. The lowest BCUT2D eigenvalue weighted by Gasteiger charge is -2.13. The Morgan fingerprint density at radius 3 is 2.68 bits per heavy atom. The average molecular weight is 253 g/mol. The number of hydrogen-bond acceptors (Lipinski definition) is 2. The molecule has 0 aliphatic carbocycles. The Hall–Kier alpha value is -2.06. The van der Waals surface area contributed by atoms with Gasteiger partial charge in [0.05, 0.1) is 0 Å². The van der Waals surface area contributed by atoms with Crippen molar-refractivity contribution in [3.63, 3.8) is 0 Å². The van der Waals surface area contributed by atoms with Crippen molar-refractivity contribution in [3.8, 4) is 5.75 Å². The van der Waals surface area contributed by atoms with Crippen molar-refractivity contribution in [2.75, 3.05) is 13.2 Å². The monoisotopic (exact) mass is 253 g/mol. The standard InChI is InChI=1S/C17H19NO/c1-3-11-18-13-16-15-8-6-5-7-14(15)9-10-17(16)19-12-4-2/h3-10,18H,1-2,11-13H2. The van der Waals surface area contributed by atoms with Crippen molar-refractivity contribution in [3.05, 3.63) is 67.3 Å². The van der Waals surface area contributed by atoms with Crippen LogP contribution in [0.4, 0.5) is 0 Å². The van der Waals surface area contributed by atoms with Crippen molar-refractivity contribution in [1.82, 2.24) is 5.32 Å². The largest absolute Gasteiger partial charge is 0.489 e. The van der Waals surface area contributed by atoms with Crippen LogP contribution in [-0.4, -0.2) is 13.2 Å². The zero-order chi connectivity index (χ0) is 13.5. The van der Waals surface area contributed by atoms with Crippen molar-refractivity contribution < 1.29 is 4.74 Å². The maximum atomic E-state index is 5.74. The summed E-state index contributed by atoms with van der Waals surface area (Å²) in [6, 6.07) is 12.5. The van der Waals surface area contributed by atoms with Gasteiger partial charge in [-0.25, -0.2) is 0 Å². The van der Waals surface area contributed by atoms with Gasteiger partial charge in [0.1, 0.15) is 12.4 Å². The molecule has 0 bridgehead atoms. The molecule has 0 heterocycles. The van der Waals surface area contributed by atoms with Gasteiger partial charge in [0, 0.05) is 18.7 Å². The van der Waals surface area contributed by atoms with E-state index in [1.54, 1.807) is 6.08 Å². The van der Waals surface area contributed by atoms with Crippen LogP contribution in [0.25, 0.3) is 10.8 Å². The highest BCUT2D eigenvalue weighted by Gasteiger charge is 2.07. The molecule has 0 unspecified atom stereocenters. The van der Waals surface area contributed by atoms with E-state index in [2.05, 4.69) is 42.7 Å². The minimum absolute atomic E-state index is 0.521. The van der Waals surface area contributed by atoms with Gasteiger partial charge in [0.25, 0.3) is 0 Å². The molecule has 0 aliphatic heterocycles. The van der Waals surface area contributed by atoms with E-state index in [9.17, 15) is 0 Å². The number of ether oxygens (including phenoxy) is 1. The summed E-state index contributed by atoms with van der Waals surface area (Å²) in [5, 5.41) is 5.79. The maximum Gasteiger partial charge on any atom is 0.124 e. The molecule has 2 aromatic rings. The van der Waals surface area contributed by atoms with E-state index in [4.69, 9.17) is 4.74 Å². The summed E-state index contributed by atoms with van der Waals surface area (Å²) >= 11 is 0. The molecule has 2 rings (SSSR count). The molecule has 0 fully saturated rings. The molecule has 98 valence electrons. The van der Waals surface area contributed by atoms with Gasteiger partial charge >= 0.3 is 0 Å². The molecule has 0 amide bonds. The molecule has 0 aliphatic rings. The second-order valence-corrected chi connectivity index (χ2v) is 4.28. The van der Waals surface area contributed by atoms with Crippen LogP contribution in [-0.2, 0) is 6.54 Å². The Balaban J connectivity index is 2.38. The second-order valence-electron chi connectivity index (χ2n) is 4.28. The third-order valence-corrected chi connectivity index (χ3v) is 2.94. The van der Waals surface area contributed by atoms with Crippen molar-refractivity contribution in [2.24, 2.45) is 0 Å². The molecule has 2 heteroatoms. The molecule has 2 aromatic carbocycles. The molecule has 2 nitrogen and oxygen atoms in total. The van der Waals surface area contributed by atoms with Gasteiger partial charge in [-0.2, -0.15) is 0 Å². The van der Waals surface area contributed by atoms with Crippen LogP contribution in [0.5, 0.6) is 5.75 Å². The lowest BCUT2D eigenvalue weighted by Crippen LogP contribution is -2.14. The Morgan fingerprint density at radius 1 is 1.05 bits per heavy atom. The Labute approximate surface area is 114 Å². The molecule has 0 spiro atoms. The van der Waals surface area contributed by atoms with E-state index in [-0.39, 0.29) is 0 Å². The van der Waals surface area contributed by atoms with Crippen LogP contribution >= 0.6 is 0 Å². The normalized spacial score (nSPS) is 10.3. The van der Waals surface area contributed by atoms with Crippen LogP contribution < -0.4 is 10.1 Å². The van der Waals surface area contributed by atoms with Crippen molar-refractivity contribution in [1.29, 1.82) is 0 Å². The summed E-state index contributed by atoms with van der Waals surface area (Å²) in [5.41, 5.74) is 1.18. The van der Waals surface area contributed by atoms with Gasteiger partial charge in [-0.05, 0) is 16.8 Å². The zero-order valence-corrected chi connectivity index (χ0v) is 11.1. The first-order valence-electron chi connectivity index (χ1n) is 6.42. The number of nitrogens with one attached hydrogen (secondary N) is 1. The number of hydrogen-bond donors (Lipinski definition) is 1. The van der Waals surface area contributed by atoms with Gasteiger partial charge in [-0.3, -0.25) is 0 Å². The number of fused-ring (bicyclic) bond motifs is 1. The topological polar surface area (TPSA) is 21.3 Å². The smallest absolute Gasteiger partial charge is 0.124 e. The van der Waals surface area contributed by atoms with Gasteiger partial charge < -0.3 is 10.1 Å². The van der Waals surface area contributed by atoms with Gasteiger partial charge in [0.15, 0.2) is 0 Å². The lowest BCUT2D eigenvalue weighted by atomic mass is 10.0. The summed E-state index contributed by atoms with van der Waals surface area (Å²) in [7, 11) is 0. The molecule has 1 N–H and O–H groups in total. The van der Waals surface area contributed by atoms with Crippen molar-refractivity contribution >= 4 is 10.8 Å². The predicted octanol–water partition coefficient (Wildman–Crippen LogP) is 3.68. The molecule has 19 heavy (non-hydrogen) atoms. The summed E-state index contributed by atoms with van der Waals surface area (Å²) < 4.78 is 5.74. The van der Waals surface area contributed by atoms with Crippen LogP contribution in [0.15, 0.2) is 61.7 Å². The van der Waals surface area contributed by atoms with Crippen LogP contribution in [0.3, 0.4) is 0 Å². The highest BCUT2D eigenvalue weighted by Crippen LogP contribution is 2.28. The number of benzene rings is 2. The number of rotatable bonds is 7. The zero-order valence-electron chi connectivity index (χ0n) is 11.1. The SMILES string of the molecule is C=CCNCc1c(OCC=C)ccc2ccccc12. The Kier molecular flexibility index (Phi) is 4.76. The molecule has 0 atom stereocenters. The van der Waals surface area contributed by atoms with Crippen LogP contribution in [0.1, 0.15) is 5.56 Å². The quantitative estimate of drug-likeness (QED) is 0.600. The molecular weight excluding hydrogens is 234 g/mol. The van der Waals surface area contributed by atoms with E-state index in [1.807, 2.05) is 18.2 Å². The fraction of sp³-hybridized carbons (Fsp3) is 0.176. The van der Waals surface area contributed by atoms with Gasteiger partial charge in [-0.15, -0.1) is 6.58 Å². The highest BCUT2D eigenvalue weighted by molar-refractivity contribution is 5.87. The minimum Gasteiger partial charge on any atom is -0.489 e. The van der Waals surface area contributed by atoms with Gasteiger partial charge in [0.2, 0.25) is 0 Å². The van der Waals surface area contributed by atoms with Gasteiger partial charge in [-0.1, -0.05) is 49.1 Å². The second kappa shape index (κ2) is 6.76. The Bertz CT molecular complexity index is 574. The maximum absolute atomic E-state index is 5.74. The van der Waals surface area contributed by atoms with E-state index in [0.717, 1.165) is 18.8 Å². The van der Waals surface area contributed by atoms with Crippen LogP contribution in [0.2, 0.25) is 0 Å². The van der Waals surface area contributed by atoms with E-state index in [1.165, 1.54) is 16.3 Å². The van der Waals surface area contributed by atoms with Crippen LogP contribution in [0, 0.1) is 0 Å². The molecule has 0 radical (unpaired) electrons. The van der Waals surface area contributed by atoms with Crippen molar-refractivity contribution in [2.45, 2.75) is 6.54 Å². The minimum atomic E-state index is 0.521. The lowest BCUT2D eigenvalue weighted by molar-refractivity contribution is 0.359. The molecule has 0 saturated heterocycles. The van der Waals surface area contributed by atoms with E-state index < -0.39 is 0 Å². The first-order chi connectivity index (χ1) is 9.36. The third kappa shape index (κ3) is 3.24. The summed E-state index contributed by atoms with van der Waals surface area (Å²) in [6.45, 7) is 9.47. The first kappa shape index (κ1) is 13.4. The fourth-order valence-corrected chi connectivity index (χ4v) is 2.08. The third-order valence-electron chi connectivity index (χ3n) is 2.94. The first-order valence-corrected chi connectivity index (χ1v) is 6.42. The molecule has 0 saturated carbocycles.